The maximum atomic E-state index is 10.7. The van der Waals surface area contributed by atoms with Gasteiger partial charge in [0.2, 0.25) is 0 Å². The van der Waals surface area contributed by atoms with E-state index in [4.69, 9.17) is 9.84 Å². The Morgan fingerprint density at radius 3 is 2.00 bits per heavy atom. The highest BCUT2D eigenvalue weighted by molar-refractivity contribution is 5.93. The van der Waals surface area contributed by atoms with Crippen LogP contribution < -0.4 is 0 Å². The van der Waals surface area contributed by atoms with Crippen molar-refractivity contribution in [1.29, 1.82) is 0 Å². The standard InChI is InChI=1S/C8H14O2.C4H6O3/c1-4-5-6-10-8(9)7(2)3;1-3(5)2-4(6)7/h2,4-6H2,1,3H3;2H2,1H3,(H,6,7). The van der Waals surface area contributed by atoms with Gasteiger partial charge in [0, 0.05) is 5.57 Å². The van der Waals surface area contributed by atoms with Crippen molar-refractivity contribution in [3.63, 3.8) is 0 Å². The first-order chi connectivity index (χ1) is 7.81. The van der Waals surface area contributed by atoms with Crippen molar-refractivity contribution in [3.8, 4) is 0 Å². The highest BCUT2D eigenvalue weighted by atomic mass is 16.5. The number of hydrogen-bond donors (Lipinski definition) is 1. The molecule has 5 nitrogen and oxygen atoms in total. The van der Waals surface area contributed by atoms with Crippen LogP contribution in [-0.2, 0) is 19.1 Å². The van der Waals surface area contributed by atoms with Gasteiger partial charge in [0.15, 0.2) is 0 Å². The molecule has 0 aromatic rings. The van der Waals surface area contributed by atoms with Crippen LogP contribution in [0.15, 0.2) is 12.2 Å². The number of aliphatic carboxylic acids is 1. The highest BCUT2D eigenvalue weighted by Gasteiger charge is 2.00. The first-order valence-corrected chi connectivity index (χ1v) is 5.35. The van der Waals surface area contributed by atoms with Crippen LogP contribution in [0, 0.1) is 0 Å². The molecule has 0 saturated carbocycles. The Hall–Kier alpha value is -1.65. The summed E-state index contributed by atoms with van der Waals surface area (Å²) in [5.41, 5.74) is 0.469. The van der Waals surface area contributed by atoms with E-state index in [0.29, 0.717) is 12.2 Å². The van der Waals surface area contributed by atoms with Gasteiger partial charge in [-0.3, -0.25) is 9.59 Å². The summed E-state index contributed by atoms with van der Waals surface area (Å²) in [7, 11) is 0. The van der Waals surface area contributed by atoms with Crippen LogP contribution in [0.3, 0.4) is 0 Å². The summed E-state index contributed by atoms with van der Waals surface area (Å²) in [6.45, 7) is 8.92. The van der Waals surface area contributed by atoms with Crippen LogP contribution in [0.1, 0.15) is 40.0 Å². The summed E-state index contributed by atoms with van der Waals surface area (Å²) in [6.07, 6.45) is 1.61. The van der Waals surface area contributed by atoms with Gasteiger partial charge in [-0.15, -0.1) is 0 Å². The molecule has 1 N–H and O–H groups in total. The number of unbranched alkanes of at least 4 members (excludes halogenated alkanes) is 1. The van der Waals surface area contributed by atoms with E-state index in [9.17, 15) is 14.4 Å². The second-order valence-corrected chi connectivity index (χ2v) is 3.54. The van der Waals surface area contributed by atoms with Gasteiger partial charge in [-0.25, -0.2) is 4.79 Å². The van der Waals surface area contributed by atoms with Crippen LogP contribution in [0.4, 0.5) is 0 Å². The summed E-state index contributed by atoms with van der Waals surface area (Å²) in [5.74, 6) is -1.66. The van der Waals surface area contributed by atoms with Crippen LogP contribution in [0.2, 0.25) is 0 Å². The molecule has 17 heavy (non-hydrogen) atoms. The minimum absolute atomic E-state index is 0.284. The van der Waals surface area contributed by atoms with Gasteiger partial charge in [-0.1, -0.05) is 19.9 Å². The molecule has 0 fully saturated rings. The lowest BCUT2D eigenvalue weighted by Gasteiger charge is -2.01. The fourth-order valence-electron chi connectivity index (χ4n) is 0.645. The Balaban J connectivity index is 0. The van der Waals surface area contributed by atoms with Gasteiger partial charge < -0.3 is 9.84 Å². The average molecular weight is 244 g/mol. The topological polar surface area (TPSA) is 80.7 Å². The monoisotopic (exact) mass is 244 g/mol. The largest absolute Gasteiger partial charge is 0.481 e. The van der Waals surface area contributed by atoms with Crippen molar-refractivity contribution in [2.24, 2.45) is 0 Å². The Morgan fingerprint density at radius 1 is 1.24 bits per heavy atom. The molecule has 0 spiro atoms. The lowest BCUT2D eigenvalue weighted by atomic mass is 10.3. The van der Waals surface area contributed by atoms with Crippen LogP contribution in [-0.4, -0.2) is 29.4 Å². The van der Waals surface area contributed by atoms with E-state index in [1.165, 1.54) is 6.92 Å². The lowest BCUT2D eigenvalue weighted by molar-refractivity contribution is -0.140. The van der Waals surface area contributed by atoms with E-state index >= 15 is 0 Å². The first-order valence-electron chi connectivity index (χ1n) is 5.35. The summed E-state index contributed by atoms with van der Waals surface area (Å²) in [5, 5.41) is 7.86. The average Bonchev–Trinajstić information content (AvgIpc) is 2.16. The predicted molar refractivity (Wildman–Crippen MR) is 63.6 cm³/mol. The first kappa shape index (κ1) is 17.7. The maximum absolute atomic E-state index is 10.7. The van der Waals surface area contributed by atoms with Crippen molar-refractivity contribution in [1.82, 2.24) is 0 Å². The molecule has 98 valence electrons. The third-order valence-corrected chi connectivity index (χ3v) is 1.48. The molecule has 0 aliphatic carbocycles. The number of carboxylic acid groups (broad SMARTS) is 1. The van der Waals surface area contributed by atoms with Crippen molar-refractivity contribution < 1.29 is 24.2 Å². The minimum atomic E-state index is -1.06. The molecule has 0 bridgehead atoms. The SMILES string of the molecule is C=C(C)C(=O)OCCCC.CC(=O)CC(=O)O. The number of carbonyl (C=O) groups excluding carboxylic acids is 2. The molecule has 0 amide bonds. The van der Waals surface area contributed by atoms with Gasteiger partial charge in [-0.2, -0.15) is 0 Å². The number of esters is 1. The van der Waals surface area contributed by atoms with Gasteiger partial charge in [-0.05, 0) is 20.3 Å². The molecule has 0 heterocycles. The van der Waals surface area contributed by atoms with Crippen molar-refractivity contribution in [2.45, 2.75) is 40.0 Å². The minimum Gasteiger partial charge on any atom is -0.481 e. The quantitative estimate of drug-likeness (QED) is 0.334. The molecule has 0 aromatic carbocycles. The molecule has 5 heteroatoms. The number of Topliss-reactive ketones (excluding diaryl/α,β-unsaturated/α-hetero) is 1. The number of ether oxygens (including phenoxy) is 1. The van der Waals surface area contributed by atoms with Gasteiger partial charge >= 0.3 is 11.9 Å². The summed E-state index contributed by atoms with van der Waals surface area (Å²) < 4.78 is 4.81. The van der Waals surface area contributed by atoms with Crippen molar-refractivity contribution >= 4 is 17.7 Å². The molecule has 0 atom stereocenters. The van der Waals surface area contributed by atoms with Gasteiger partial charge in [0.05, 0.1) is 6.61 Å². The van der Waals surface area contributed by atoms with E-state index in [2.05, 4.69) is 13.5 Å². The lowest BCUT2D eigenvalue weighted by Crippen LogP contribution is -2.05. The number of ketones is 1. The van der Waals surface area contributed by atoms with Gasteiger partial charge in [0.1, 0.15) is 12.2 Å². The molecular weight excluding hydrogens is 224 g/mol. The number of carbonyl (C=O) groups is 3. The Kier molecular flexibility index (Phi) is 11.3. The molecule has 0 rings (SSSR count). The highest BCUT2D eigenvalue weighted by Crippen LogP contribution is 1.94. The van der Waals surface area contributed by atoms with Crippen LogP contribution in [0.5, 0.6) is 0 Å². The van der Waals surface area contributed by atoms with E-state index < -0.39 is 5.97 Å². The maximum Gasteiger partial charge on any atom is 0.333 e. The van der Waals surface area contributed by atoms with E-state index in [1.54, 1.807) is 6.92 Å². The number of hydrogen-bond acceptors (Lipinski definition) is 4. The molecule has 0 aliphatic rings. The van der Waals surface area contributed by atoms with E-state index in [1.807, 2.05) is 0 Å². The van der Waals surface area contributed by atoms with E-state index in [0.717, 1.165) is 12.8 Å². The van der Waals surface area contributed by atoms with Crippen molar-refractivity contribution in [2.75, 3.05) is 6.61 Å². The second kappa shape index (κ2) is 10.9. The molecule has 0 unspecified atom stereocenters. The third kappa shape index (κ3) is 17.0. The fourth-order valence-corrected chi connectivity index (χ4v) is 0.645. The van der Waals surface area contributed by atoms with Crippen LogP contribution in [0.25, 0.3) is 0 Å². The molecule has 0 saturated heterocycles. The van der Waals surface area contributed by atoms with Gasteiger partial charge in [0.25, 0.3) is 0 Å². The Labute approximate surface area is 101 Å². The zero-order valence-corrected chi connectivity index (χ0v) is 10.6. The molecular formula is C12H20O5. The number of rotatable bonds is 6. The Morgan fingerprint density at radius 2 is 1.76 bits per heavy atom. The van der Waals surface area contributed by atoms with Crippen molar-refractivity contribution in [3.05, 3.63) is 12.2 Å². The summed E-state index contributed by atoms with van der Waals surface area (Å²) in [6, 6.07) is 0. The fraction of sp³-hybridized carbons (Fsp3) is 0.583. The number of carboxylic acids is 1. The third-order valence-electron chi connectivity index (χ3n) is 1.48. The second-order valence-electron chi connectivity index (χ2n) is 3.54. The molecule has 0 aliphatic heterocycles. The van der Waals surface area contributed by atoms with E-state index in [-0.39, 0.29) is 18.2 Å². The smallest absolute Gasteiger partial charge is 0.333 e. The van der Waals surface area contributed by atoms with Crippen LogP contribution >= 0.6 is 0 Å². The zero-order chi connectivity index (χ0) is 13.8. The predicted octanol–water partition coefficient (Wildman–Crippen LogP) is 1.96. The Bertz CT molecular complexity index is 269. The zero-order valence-electron chi connectivity index (χ0n) is 10.6. The summed E-state index contributed by atoms with van der Waals surface area (Å²) in [4.78, 5) is 30.2. The summed E-state index contributed by atoms with van der Waals surface area (Å²) >= 11 is 0. The molecule has 0 radical (unpaired) electrons. The normalized spacial score (nSPS) is 8.65. The molecule has 0 aromatic heterocycles.